The number of likely N-dealkylation sites (N-methyl/N-ethyl adjacent to an activating group) is 1. The van der Waals surface area contributed by atoms with E-state index in [1.54, 1.807) is 0 Å². The van der Waals surface area contributed by atoms with E-state index >= 15 is 0 Å². The molecule has 0 radical (unpaired) electrons. The second-order valence-electron chi connectivity index (χ2n) is 3.89. The summed E-state index contributed by atoms with van der Waals surface area (Å²) < 4.78 is 0. The largest absolute Gasteiger partial charge is 0.329 e. The van der Waals surface area contributed by atoms with E-state index in [1.807, 2.05) is 0 Å². The van der Waals surface area contributed by atoms with Crippen molar-refractivity contribution in [1.82, 2.24) is 4.90 Å². The maximum Gasteiger partial charge on any atom is 0.0470 e. The predicted molar refractivity (Wildman–Crippen MR) is 65.9 cm³/mol. The molecule has 0 aliphatic heterocycles. The molecule has 0 saturated carbocycles. The van der Waals surface area contributed by atoms with Crippen molar-refractivity contribution in [3.8, 4) is 0 Å². The summed E-state index contributed by atoms with van der Waals surface area (Å²) in [5, 5.41) is 0. The Morgan fingerprint density at radius 2 is 1.93 bits per heavy atom. The summed E-state index contributed by atoms with van der Waals surface area (Å²) in [4.78, 5) is 2.40. The molecule has 0 aromatic heterocycles. The Hall–Kier alpha value is -0.860. The Morgan fingerprint density at radius 1 is 1.27 bits per heavy atom. The van der Waals surface area contributed by atoms with Crippen molar-refractivity contribution in [2.45, 2.75) is 26.8 Å². The molecule has 84 valence electrons. The third-order valence-corrected chi connectivity index (χ3v) is 2.90. The Labute approximate surface area is 93.1 Å². The smallest absolute Gasteiger partial charge is 0.0470 e. The first kappa shape index (κ1) is 12.2. The lowest BCUT2D eigenvalue weighted by Gasteiger charge is -2.29. The molecule has 2 heteroatoms. The minimum Gasteiger partial charge on any atom is -0.329 e. The zero-order chi connectivity index (χ0) is 11.3. The van der Waals surface area contributed by atoms with Gasteiger partial charge in [0.15, 0.2) is 0 Å². The van der Waals surface area contributed by atoms with Crippen LogP contribution in [0.2, 0.25) is 0 Å². The Kier molecular flexibility index (Phi) is 4.79. The summed E-state index contributed by atoms with van der Waals surface area (Å²) >= 11 is 0. The topological polar surface area (TPSA) is 29.3 Å². The highest BCUT2D eigenvalue weighted by Crippen LogP contribution is 2.19. The summed E-state index contributed by atoms with van der Waals surface area (Å²) in [7, 11) is 0. The van der Waals surface area contributed by atoms with E-state index in [-0.39, 0.29) is 0 Å². The average Bonchev–Trinajstić information content (AvgIpc) is 2.25. The summed E-state index contributed by atoms with van der Waals surface area (Å²) in [5.74, 6) is 0. The molecule has 1 atom stereocenters. The molecule has 0 aliphatic carbocycles. The summed E-state index contributed by atoms with van der Waals surface area (Å²) in [5.41, 5.74) is 8.50. The van der Waals surface area contributed by atoms with Crippen LogP contribution in [0.3, 0.4) is 0 Å². The lowest BCUT2D eigenvalue weighted by molar-refractivity contribution is 0.224. The number of benzene rings is 1. The van der Waals surface area contributed by atoms with Gasteiger partial charge >= 0.3 is 0 Å². The van der Waals surface area contributed by atoms with Gasteiger partial charge in [-0.05, 0) is 25.6 Å². The highest BCUT2D eigenvalue weighted by atomic mass is 15.2. The van der Waals surface area contributed by atoms with Crippen molar-refractivity contribution < 1.29 is 0 Å². The van der Waals surface area contributed by atoms with E-state index in [4.69, 9.17) is 5.73 Å². The number of nitrogens with zero attached hydrogens (tertiary/aromatic N) is 1. The highest BCUT2D eigenvalue weighted by molar-refractivity contribution is 5.25. The fourth-order valence-electron chi connectivity index (χ4n) is 2.04. The molecule has 2 nitrogen and oxygen atoms in total. The first-order valence-corrected chi connectivity index (χ1v) is 5.73. The van der Waals surface area contributed by atoms with Crippen molar-refractivity contribution >= 4 is 0 Å². The molecule has 2 N–H and O–H groups in total. The summed E-state index contributed by atoms with van der Waals surface area (Å²) in [6, 6.07) is 8.99. The van der Waals surface area contributed by atoms with E-state index in [2.05, 4.69) is 49.9 Å². The van der Waals surface area contributed by atoms with Gasteiger partial charge in [0.2, 0.25) is 0 Å². The standard InChI is InChI=1S/C13H22N2/c1-4-15(5-2)13(10-14)12-8-6-7-11(3)9-12/h6-9,13H,4-5,10,14H2,1-3H3. The summed E-state index contributed by atoms with van der Waals surface area (Å²) in [6.07, 6.45) is 0. The van der Waals surface area contributed by atoms with Gasteiger partial charge in [-0.25, -0.2) is 0 Å². The molecule has 0 spiro atoms. The van der Waals surface area contributed by atoms with Crippen LogP contribution < -0.4 is 5.73 Å². The quantitative estimate of drug-likeness (QED) is 0.801. The number of aryl methyl sites for hydroxylation is 1. The van der Waals surface area contributed by atoms with E-state index in [0.29, 0.717) is 12.6 Å². The van der Waals surface area contributed by atoms with E-state index in [9.17, 15) is 0 Å². The number of nitrogens with two attached hydrogens (primary N) is 1. The third kappa shape index (κ3) is 3.05. The van der Waals surface area contributed by atoms with Crippen molar-refractivity contribution in [3.05, 3.63) is 35.4 Å². The Balaban J connectivity index is 2.90. The van der Waals surface area contributed by atoms with Gasteiger partial charge in [-0.15, -0.1) is 0 Å². The Bertz CT molecular complexity index is 292. The molecule has 15 heavy (non-hydrogen) atoms. The first-order valence-electron chi connectivity index (χ1n) is 5.73. The first-order chi connectivity index (χ1) is 7.22. The zero-order valence-corrected chi connectivity index (χ0v) is 10.0. The minimum atomic E-state index is 0.361. The number of rotatable bonds is 5. The van der Waals surface area contributed by atoms with Crippen LogP contribution in [-0.4, -0.2) is 24.5 Å². The van der Waals surface area contributed by atoms with Gasteiger partial charge in [0, 0.05) is 12.6 Å². The van der Waals surface area contributed by atoms with Crippen LogP contribution >= 0.6 is 0 Å². The minimum absolute atomic E-state index is 0.361. The van der Waals surface area contributed by atoms with Crippen LogP contribution in [0.1, 0.15) is 31.0 Å². The van der Waals surface area contributed by atoms with Gasteiger partial charge in [0.1, 0.15) is 0 Å². The van der Waals surface area contributed by atoms with Gasteiger partial charge in [0.05, 0.1) is 0 Å². The van der Waals surface area contributed by atoms with E-state index < -0.39 is 0 Å². The molecular weight excluding hydrogens is 184 g/mol. The zero-order valence-electron chi connectivity index (χ0n) is 10.0. The predicted octanol–water partition coefficient (Wildman–Crippen LogP) is 2.34. The fourth-order valence-corrected chi connectivity index (χ4v) is 2.04. The monoisotopic (exact) mass is 206 g/mol. The fraction of sp³-hybridized carbons (Fsp3) is 0.538. The van der Waals surface area contributed by atoms with Gasteiger partial charge in [-0.1, -0.05) is 43.7 Å². The van der Waals surface area contributed by atoms with Crippen molar-refractivity contribution in [1.29, 1.82) is 0 Å². The summed E-state index contributed by atoms with van der Waals surface area (Å²) in [6.45, 7) is 9.27. The maximum atomic E-state index is 5.87. The van der Waals surface area contributed by atoms with Crippen molar-refractivity contribution in [2.24, 2.45) is 5.73 Å². The van der Waals surface area contributed by atoms with Gasteiger partial charge in [0.25, 0.3) is 0 Å². The van der Waals surface area contributed by atoms with Gasteiger partial charge in [-0.3, -0.25) is 4.90 Å². The lowest BCUT2D eigenvalue weighted by Crippen LogP contribution is -2.33. The molecular formula is C13H22N2. The molecule has 0 bridgehead atoms. The van der Waals surface area contributed by atoms with Crippen LogP contribution in [0.5, 0.6) is 0 Å². The Morgan fingerprint density at radius 3 is 2.40 bits per heavy atom. The molecule has 0 aliphatic rings. The van der Waals surface area contributed by atoms with E-state index in [1.165, 1.54) is 11.1 Å². The molecule has 1 aromatic rings. The third-order valence-electron chi connectivity index (χ3n) is 2.90. The number of hydrogen-bond acceptors (Lipinski definition) is 2. The SMILES string of the molecule is CCN(CC)C(CN)c1cccc(C)c1. The normalized spacial score (nSPS) is 13.1. The van der Waals surface area contributed by atoms with Crippen molar-refractivity contribution in [3.63, 3.8) is 0 Å². The highest BCUT2D eigenvalue weighted by Gasteiger charge is 2.15. The second-order valence-corrected chi connectivity index (χ2v) is 3.89. The average molecular weight is 206 g/mol. The van der Waals surface area contributed by atoms with Crippen LogP contribution in [0.15, 0.2) is 24.3 Å². The lowest BCUT2D eigenvalue weighted by atomic mass is 10.0. The van der Waals surface area contributed by atoms with Crippen molar-refractivity contribution in [2.75, 3.05) is 19.6 Å². The van der Waals surface area contributed by atoms with Crippen LogP contribution in [0.4, 0.5) is 0 Å². The van der Waals surface area contributed by atoms with Crippen LogP contribution in [0, 0.1) is 6.92 Å². The molecule has 0 fully saturated rings. The van der Waals surface area contributed by atoms with Gasteiger partial charge in [-0.2, -0.15) is 0 Å². The van der Waals surface area contributed by atoms with Crippen LogP contribution in [0.25, 0.3) is 0 Å². The van der Waals surface area contributed by atoms with Crippen LogP contribution in [-0.2, 0) is 0 Å². The molecule has 0 amide bonds. The molecule has 1 aromatic carbocycles. The van der Waals surface area contributed by atoms with E-state index in [0.717, 1.165) is 13.1 Å². The second kappa shape index (κ2) is 5.89. The molecule has 1 rings (SSSR count). The molecule has 0 heterocycles. The van der Waals surface area contributed by atoms with Gasteiger partial charge < -0.3 is 5.73 Å². The molecule has 0 saturated heterocycles. The maximum absolute atomic E-state index is 5.87. The molecule has 1 unspecified atom stereocenters. The number of hydrogen-bond donors (Lipinski definition) is 1.